The Hall–Kier alpha value is -1.81. The third-order valence-corrected chi connectivity index (χ3v) is 8.13. The van der Waals surface area contributed by atoms with Crippen molar-refractivity contribution in [2.75, 3.05) is 0 Å². The second kappa shape index (κ2) is 13.9. The van der Waals surface area contributed by atoms with Gasteiger partial charge >= 0.3 is 0 Å². The smallest absolute Gasteiger partial charge is 0.128 e. The van der Waals surface area contributed by atoms with Crippen LogP contribution < -0.4 is 12.4 Å². The molecule has 6 heteroatoms. The molecule has 235 valence electrons. The molecule has 1 radical (unpaired) electrons. The molecule has 2 aromatic rings. The fraction of sp³-hybridized carbons (Fsp3) is 0.611. The summed E-state index contributed by atoms with van der Waals surface area (Å²) >= 11 is 0. The summed E-state index contributed by atoms with van der Waals surface area (Å²) in [6.45, 7) is 26.0. The van der Waals surface area contributed by atoms with Gasteiger partial charge < -0.3 is 22.6 Å². The minimum absolute atomic E-state index is 0. The van der Waals surface area contributed by atoms with Gasteiger partial charge in [-0.25, -0.2) is 0 Å². The number of hydrogen-bond acceptors (Lipinski definition) is 4. The molecular formula is C36H54ClMnN2O2-. The number of aliphatic imine (C=N–C) groups is 2. The molecule has 0 amide bonds. The van der Waals surface area contributed by atoms with E-state index < -0.39 is 0 Å². The van der Waals surface area contributed by atoms with Crippen molar-refractivity contribution in [2.45, 2.75) is 143 Å². The molecule has 0 aliphatic heterocycles. The standard InChI is InChI=1S/C36H54N2O2.ClH.Mn/c1-33(2,3)25-17-23(31(39)27(19-25)35(7,8)9)21-37-29-15-13-14-16-30(29)38-22-24-18-26(34(4,5)6)20-28(32(24)40)36(10,11)12;;/h17-22,29-30,39-40H,13-16H2,1-12H3;1H;/p-1/t29-,30-;;/m1../s1. The Morgan fingerprint density at radius 1 is 0.571 bits per heavy atom. The minimum atomic E-state index is -0.179. The van der Waals surface area contributed by atoms with E-state index in [0.717, 1.165) is 47.9 Å². The molecule has 0 spiro atoms. The van der Waals surface area contributed by atoms with Crippen LogP contribution in [-0.2, 0) is 38.7 Å². The predicted octanol–water partition coefficient (Wildman–Crippen LogP) is 6.14. The molecule has 1 aliphatic carbocycles. The summed E-state index contributed by atoms with van der Waals surface area (Å²) in [6, 6.07) is 8.53. The Bertz CT molecular complexity index is 1170. The monoisotopic (exact) mass is 636 g/mol. The maximum Gasteiger partial charge on any atom is 0.128 e. The molecule has 0 bridgehead atoms. The van der Waals surface area contributed by atoms with E-state index in [-0.39, 0.29) is 63.2 Å². The molecule has 42 heavy (non-hydrogen) atoms. The number of hydrogen-bond donors (Lipinski definition) is 2. The van der Waals surface area contributed by atoms with Crippen molar-refractivity contribution < 1.29 is 39.7 Å². The van der Waals surface area contributed by atoms with E-state index >= 15 is 0 Å². The van der Waals surface area contributed by atoms with Gasteiger partial charge in [0.2, 0.25) is 0 Å². The zero-order valence-corrected chi connectivity index (χ0v) is 29.9. The van der Waals surface area contributed by atoms with E-state index in [0.29, 0.717) is 11.5 Å². The van der Waals surface area contributed by atoms with Crippen LogP contribution in [0, 0.1) is 0 Å². The van der Waals surface area contributed by atoms with Crippen LogP contribution in [0.2, 0.25) is 0 Å². The number of aromatic hydroxyl groups is 2. The van der Waals surface area contributed by atoms with Gasteiger partial charge in [0.25, 0.3) is 0 Å². The molecule has 1 aliphatic rings. The SMILES string of the molecule is CC(C)(C)c1cc(C=N[C@@H]2CCCC[C@H]2N=Cc2cc(C(C)(C)C)cc(C(C)(C)C)c2O)c(O)c(C(C)(C)C)c1.[Cl-].[Mn]. The number of nitrogens with zero attached hydrogens (tertiary/aromatic N) is 2. The quantitative estimate of drug-likeness (QED) is 0.313. The van der Waals surface area contributed by atoms with Crippen LogP contribution in [0.4, 0.5) is 0 Å². The largest absolute Gasteiger partial charge is 1.00 e. The second-order valence-corrected chi connectivity index (χ2v) is 15.9. The molecule has 0 unspecified atom stereocenters. The van der Waals surface area contributed by atoms with Crippen molar-refractivity contribution in [2.24, 2.45) is 9.98 Å². The second-order valence-electron chi connectivity index (χ2n) is 15.9. The van der Waals surface area contributed by atoms with Gasteiger partial charge in [0, 0.05) is 51.8 Å². The van der Waals surface area contributed by atoms with Crippen LogP contribution in [-0.4, -0.2) is 34.7 Å². The van der Waals surface area contributed by atoms with Gasteiger partial charge in [0.15, 0.2) is 0 Å². The molecular weight excluding hydrogens is 583 g/mol. The van der Waals surface area contributed by atoms with Gasteiger partial charge in [0.1, 0.15) is 11.5 Å². The van der Waals surface area contributed by atoms with Crippen LogP contribution in [0.25, 0.3) is 0 Å². The Kier molecular flexibility index (Phi) is 12.6. The predicted molar refractivity (Wildman–Crippen MR) is 172 cm³/mol. The van der Waals surface area contributed by atoms with Crippen LogP contribution in [0.15, 0.2) is 34.3 Å². The van der Waals surface area contributed by atoms with Gasteiger partial charge in [-0.1, -0.05) is 108 Å². The zero-order valence-electron chi connectivity index (χ0n) is 28.0. The van der Waals surface area contributed by atoms with E-state index in [1.54, 1.807) is 0 Å². The van der Waals surface area contributed by atoms with E-state index in [4.69, 9.17) is 9.98 Å². The van der Waals surface area contributed by atoms with Crippen molar-refractivity contribution in [3.05, 3.63) is 57.6 Å². The van der Waals surface area contributed by atoms with E-state index in [9.17, 15) is 10.2 Å². The molecule has 2 atom stereocenters. The first-order chi connectivity index (χ1) is 18.2. The van der Waals surface area contributed by atoms with Crippen molar-refractivity contribution >= 4 is 12.4 Å². The molecule has 0 aromatic heterocycles. The van der Waals surface area contributed by atoms with Crippen molar-refractivity contribution in [3.8, 4) is 11.5 Å². The average Bonchev–Trinajstić information content (AvgIpc) is 2.80. The third-order valence-electron chi connectivity index (χ3n) is 8.13. The molecule has 2 N–H and O–H groups in total. The number of halogens is 1. The average molecular weight is 637 g/mol. The van der Waals surface area contributed by atoms with Crippen LogP contribution in [0.1, 0.15) is 142 Å². The van der Waals surface area contributed by atoms with Crippen molar-refractivity contribution in [1.29, 1.82) is 0 Å². The fourth-order valence-electron chi connectivity index (χ4n) is 5.31. The van der Waals surface area contributed by atoms with Crippen LogP contribution in [0.5, 0.6) is 11.5 Å². The first-order valence-corrected chi connectivity index (χ1v) is 15.0. The Balaban J connectivity index is 0.00000441. The minimum Gasteiger partial charge on any atom is -1.00 e. The Labute approximate surface area is 272 Å². The van der Waals surface area contributed by atoms with Gasteiger partial charge in [-0.3, -0.25) is 9.98 Å². The summed E-state index contributed by atoms with van der Waals surface area (Å²) in [4.78, 5) is 10.1. The molecule has 1 fully saturated rings. The number of phenols is 2. The van der Waals surface area contributed by atoms with E-state index in [1.807, 2.05) is 12.4 Å². The molecule has 2 aromatic carbocycles. The molecule has 1 saturated carbocycles. The molecule has 3 rings (SSSR count). The summed E-state index contributed by atoms with van der Waals surface area (Å²) in [5, 5.41) is 22.5. The number of benzene rings is 2. The maximum absolute atomic E-state index is 11.2. The van der Waals surface area contributed by atoms with Crippen LogP contribution in [0.3, 0.4) is 0 Å². The summed E-state index contributed by atoms with van der Waals surface area (Å²) < 4.78 is 0. The molecule has 0 heterocycles. The summed E-state index contributed by atoms with van der Waals surface area (Å²) in [5.74, 6) is 0.637. The molecule has 4 nitrogen and oxygen atoms in total. The zero-order chi connectivity index (χ0) is 30.3. The summed E-state index contributed by atoms with van der Waals surface area (Å²) in [5.41, 5.74) is 5.39. The number of phenolic OH excluding ortho intramolecular Hbond substituents is 2. The molecule has 0 saturated heterocycles. The summed E-state index contributed by atoms with van der Waals surface area (Å²) in [7, 11) is 0. The number of rotatable bonds is 4. The summed E-state index contributed by atoms with van der Waals surface area (Å²) in [6.07, 6.45) is 7.90. The maximum atomic E-state index is 11.2. The van der Waals surface area contributed by atoms with Gasteiger partial charge in [-0.2, -0.15) is 0 Å². The first kappa shape index (κ1) is 38.2. The fourth-order valence-corrected chi connectivity index (χ4v) is 5.31. The topological polar surface area (TPSA) is 65.2 Å². The van der Waals surface area contributed by atoms with Crippen LogP contribution >= 0.6 is 0 Å². The van der Waals surface area contributed by atoms with E-state index in [1.165, 1.54) is 11.1 Å². The van der Waals surface area contributed by atoms with Gasteiger partial charge in [0.05, 0.1) is 12.1 Å². The third kappa shape index (κ3) is 9.34. The van der Waals surface area contributed by atoms with E-state index in [2.05, 4.69) is 107 Å². The normalized spacial score (nSPS) is 18.7. The Morgan fingerprint density at radius 3 is 1.14 bits per heavy atom. The Morgan fingerprint density at radius 2 is 0.881 bits per heavy atom. The van der Waals surface area contributed by atoms with Gasteiger partial charge in [-0.05, 0) is 57.8 Å². The first-order valence-electron chi connectivity index (χ1n) is 15.0. The van der Waals surface area contributed by atoms with Crippen molar-refractivity contribution in [3.63, 3.8) is 0 Å². The van der Waals surface area contributed by atoms with Gasteiger partial charge in [-0.15, -0.1) is 0 Å². The van der Waals surface area contributed by atoms with Crippen molar-refractivity contribution in [1.82, 2.24) is 0 Å².